The Kier molecular flexibility index (Phi) is 4.75. The van der Waals surface area contributed by atoms with E-state index >= 15 is 0 Å². The van der Waals surface area contributed by atoms with E-state index in [1.165, 1.54) is 6.07 Å². The highest BCUT2D eigenvalue weighted by atomic mass is 35.5. The number of carbonyl (C=O) groups is 1. The lowest BCUT2D eigenvalue weighted by Gasteiger charge is -2.15. The molecule has 6 heteroatoms. The molecular weight excluding hydrogens is 298 g/mol. The fourth-order valence-corrected chi connectivity index (χ4v) is 1.91. The highest BCUT2D eigenvalue weighted by molar-refractivity contribution is 6.30. The van der Waals surface area contributed by atoms with Crippen molar-refractivity contribution in [3.63, 3.8) is 0 Å². The molecule has 0 fully saturated rings. The largest absolute Gasteiger partial charge is 0.374 e. The molecule has 2 aromatic carbocycles. The molecule has 2 N–H and O–H groups in total. The maximum atomic E-state index is 13.1. The molecule has 21 heavy (non-hydrogen) atoms. The normalized spacial score (nSPS) is 11.8. The summed E-state index contributed by atoms with van der Waals surface area (Å²) in [5.74, 6) is -2.22. The van der Waals surface area contributed by atoms with Gasteiger partial charge in [0.2, 0.25) is 5.91 Å². The van der Waals surface area contributed by atoms with Crippen molar-refractivity contribution in [3.8, 4) is 0 Å². The molecule has 0 bridgehead atoms. The number of hydrogen-bond donors (Lipinski definition) is 2. The number of hydrogen-bond acceptors (Lipinski definition) is 2. The molecule has 1 amide bonds. The van der Waals surface area contributed by atoms with Gasteiger partial charge in [-0.25, -0.2) is 8.78 Å². The molecule has 0 saturated carbocycles. The number of amides is 1. The summed E-state index contributed by atoms with van der Waals surface area (Å²) < 4.78 is 25.9. The minimum absolute atomic E-state index is 0.318. The van der Waals surface area contributed by atoms with E-state index in [9.17, 15) is 13.6 Å². The Bertz CT molecular complexity index is 664. The molecule has 0 spiro atoms. The SMILES string of the molecule is CC(Nc1ccc(F)c(F)c1)C(=O)Nc1cccc(Cl)c1. The standard InChI is InChI=1S/C15H13ClF2N2O/c1-9(19-12-5-6-13(17)14(18)8-12)15(21)20-11-4-2-3-10(16)7-11/h2-9,19H,1H3,(H,20,21). The van der Waals surface area contributed by atoms with Crippen LogP contribution in [-0.2, 0) is 4.79 Å². The first-order valence-corrected chi connectivity index (χ1v) is 6.61. The fraction of sp³-hybridized carbons (Fsp3) is 0.133. The number of nitrogens with one attached hydrogen (secondary N) is 2. The third-order valence-electron chi connectivity index (χ3n) is 2.79. The van der Waals surface area contributed by atoms with E-state index in [0.29, 0.717) is 16.4 Å². The first-order valence-electron chi connectivity index (χ1n) is 6.24. The van der Waals surface area contributed by atoms with Crippen LogP contribution in [0.25, 0.3) is 0 Å². The Morgan fingerprint density at radius 3 is 2.52 bits per heavy atom. The molecule has 2 aromatic rings. The summed E-state index contributed by atoms with van der Waals surface area (Å²) in [7, 11) is 0. The zero-order chi connectivity index (χ0) is 15.4. The van der Waals surface area contributed by atoms with E-state index in [1.807, 2.05) is 0 Å². The number of benzene rings is 2. The van der Waals surface area contributed by atoms with Gasteiger partial charge in [0.25, 0.3) is 0 Å². The van der Waals surface area contributed by atoms with Crippen LogP contribution in [-0.4, -0.2) is 11.9 Å². The number of carbonyl (C=O) groups excluding carboxylic acids is 1. The Hall–Kier alpha value is -2.14. The number of halogens is 3. The molecule has 0 aliphatic heterocycles. The fourth-order valence-electron chi connectivity index (χ4n) is 1.72. The molecule has 0 aliphatic rings. The summed E-state index contributed by atoms with van der Waals surface area (Å²) in [5.41, 5.74) is 0.883. The lowest BCUT2D eigenvalue weighted by Crippen LogP contribution is -2.31. The third kappa shape index (κ3) is 4.16. The number of rotatable bonds is 4. The van der Waals surface area contributed by atoms with Crippen LogP contribution in [0.15, 0.2) is 42.5 Å². The molecule has 1 unspecified atom stereocenters. The predicted octanol–water partition coefficient (Wildman–Crippen LogP) is 4.06. The summed E-state index contributed by atoms with van der Waals surface area (Å²) in [6, 6.07) is 9.46. The minimum Gasteiger partial charge on any atom is -0.374 e. The molecule has 3 nitrogen and oxygen atoms in total. The molecule has 0 radical (unpaired) electrons. The predicted molar refractivity (Wildman–Crippen MR) is 79.5 cm³/mol. The first-order chi connectivity index (χ1) is 9.95. The maximum Gasteiger partial charge on any atom is 0.246 e. The second-order valence-electron chi connectivity index (χ2n) is 4.49. The highest BCUT2D eigenvalue weighted by Gasteiger charge is 2.14. The Morgan fingerprint density at radius 2 is 1.86 bits per heavy atom. The average molecular weight is 311 g/mol. The molecular formula is C15H13ClF2N2O. The van der Waals surface area contributed by atoms with Crippen LogP contribution in [0.5, 0.6) is 0 Å². The molecule has 0 saturated heterocycles. The van der Waals surface area contributed by atoms with Gasteiger partial charge in [-0.3, -0.25) is 4.79 Å². The van der Waals surface area contributed by atoms with Crippen molar-refractivity contribution in [3.05, 3.63) is 59.1 Å². The van der Waals surface area contributed by atoms with Gasteiger partial charge in [-0.05, 0) is 37.3 Å². The summed E-state index contributed by atoms with van der Waals surface area (Å²) in [4.78, 5) is 12.0. The minimum atomic E-state index is -0.970. The molecule has 0 aliphatic carbocycles. The van der Waals surface area contributed by atoms with Gasteiger partial charge < -0.3 is 10.6 Å². The van der Waals surface area contributed by atoms with Gasteiger partial charge in [-0.1, -0.05) is 17.7 Å². The topological polar surface area (TPSA) is 41.1 Å². The van der Waals surface area contributed by atoms with Gasteiger partial charge in [-0.2, -0.15) is 0 Å². The van der Waals surface area contributed by atoms with Crippen molar-refractivity contribution in [1.29, 1.82) is 0 Å². The summed E-state index contributed by atoms with van der Waals surface area (Å²) in [6.07, 6.45) is 0. The lowest BCUT2D eigenvalue weighted by atomic mass is 10.2. The molecule has 2 rings (SSSR count). The monoisotopic (exact) mass is 310 g/mol. The maximum absolute atomic E-state index is 13.1. The zero-order valence-corrected chi connectivity index (χ0v) is 11.9. The van der Waals surface area contributed by atoms with Gasteiger partial charge >= 0.3 is 0 Å². The van der Waals surface area contributed by atoms with Crippen molar-refractivity contribution < 1.29 is 13.6 Å². The van der Waals surface area contributed by atoms with Crippen LogP contribution in [0.2, 0.25) is 5.02 Å². The van der Waals surface area contributed by atoms with Crippen molar-refractivity contribution in [2.24, 2.45) is 0 Å². The molecule has 1 atom stereocenters. The first kappa shape index (κ1) is 15.3. The quantitative estimate of drug-likeness (QED) is 0.894. The second-order valence-corrected chi connectivity index (χ2v) is 4.93. The van der Waals surface area contributed by atoms with Crippen LogP contribution >= 0.6 is 11.6 Å². The number of anilines is 2. The smallest absolute Gasteiger partial charge is 0.246 e. The third-order valence-corrected chi connectivity index (χ3v) is 3.02. The average Bonchev–Trinajstić information content (AvgIpc) is 2.43. The van der Waals surface area contributed by atoms with Crippen molar-refractivity contribution in [2.45, 2.75) is 13.0 Å². The van der Waals surface area contributed by atoms with E-state index in [2.05, 4.69) is 10.6 Å². The summed E-state index contributed by atoms with van der Waals surface area (Å²) in [6.45, 7) is 1.61. The zero-order valence-electron chi connectivity index (χ0n) is 11.2. The van der Waals surface area contributed by atoms with Gasteiger partial charge in [0.1, 0.15) is 6.04 Å². The summed E-state index contributed by atoms with van der Waals surface area (Å²) in [5, 5.41) is 5.98. The summed E-state index contributed by atoms with van der Waals surface area (Å²) >= 11 is 5.83. The lowest BCUT2D eigenvalue weighted by molar-refractivity contribution is -0.116. The Morgan fingerprint density at radius 1 is 1.10 bits per heavy atom. The Labute approximate surface area is 125 Å². The van der Waals surface area contributed by atoms with E-state index in [-0.39, 0.29) is 5.91 Å². The van der Waals surface area contributed by atoms with E-state index in [1.54, 1.807) is 31.2 Å². The highest BCUT2D eigenvalue weighted by Crippen LogP contribution is 2.17. The molecule has 0 aromatic heterocycles. The van der Waals surface area contributed by atoms with Crippen molar-refractivity contribution in [1.82, 2.24) is 0 Å². The van der Waals surface area contributed by atoms with Gasteiger partial charge in [0.15, 0.2) is 11.6 Å². The molecule has 110 valence electrons. The van der Waals surface area contributed by atoms with Crippen molar-refractivity contribution in [2.75, 3.05) is 10.6 Å². The second kappa shape index (κ2) is 6.54. The van der Waals surface area contributed by atoms with Gasteiger partial charge in [-0.15, -0.1) is 0 Å². The van der Waals surface area contributed by atoms with Crippen LogP contribution < -0.4 is 10.6 Å². The van der Waals surface area contributed by atoms with Gasteiger partial charge in [0.05, 0.1) is 0 Å². The van der Waals surface area contributed by atoms with E-state index in [4.69, 9.17) is 11.6 Å². The van der Waals surface area contributed by atoms with Crippen molar-refractivity contribution >= 4 is 28.9 Å². The Balaban J connectivity index is 2.00. The molecule has 0 heterocycles. The van der Waals surface area contributed by atoms with E-state index < -0.39 is 17.7 Å². The van der Waals surface area contributed by atoms with Crippen LogP contribution in [0, 0.1) is 11.6 Å². The van der Waals surface area contributed by atoms with Gasteiger partial charge in [0, 0.05) is 22.5 Å². The van der Waals surface area contributed by atoms with Crippen LogP contribution in [0.3, 0.4) is 0 Å². The van der Waals surface area contributed by atoms with E-state index in [0.717, 1.165) is 12.1 Å². The van der Waals surface area contributed by atoms with Crippen LogP contribution in [0.1, 0.15) is 6.92 Å². The van der Waals surface area contributed by atoms with Crippen LogP contribution in [0.4, 0.5) is 20.2 Å².